The van der Waals surface area contributed by atoms with Crippen molar-refractivity contribution < 1.29 is 14.4 Å². The molecule has 0 saturated heterocycles. The molecule has 3 N–H and O–H groups in total. The second-order valence-corrected chi connectivity index (χ2v) is 6.84. The maximum absolute atomic E-state index is 12.5. The normalized spacial score (nSPS) is 10.3. The zero-order chi connectivity index (χ0) is 18.4. The fourth-order valence-corrected chi connectivity index (χ4v) is 3.40. The van der Waals surface area contributed by atoms with Gasteiger partial charge in [0.1, 0.15) is 0 Å². The lowest BCUT2D eigenvalue weighted by Gasteiger charge is -2.09. The van der Waals surface area contributed by atoms with E-state index in [1.54, 1.807) is 30.3 Å². The Bertz CT molecular complexity index is 827. The van der Waals surface area contributed by atoms with E-state index in [1.165, 1.54) is 12.1 Å². The molecule has 0 heterocycles. The minimum Gasteiger partial charge on any atom is -0.370 e. The standard InChI is InChI=1S/C17H14Cl2N2O3S/c18-10-5-6-11(13(19)9-10)17(24)25-14-4-2-1-3-12(14)16(23)21-8-7-15(20)22/h1-6,9H,7-8H2,(H2,20,22)(H,21,23). The van der Waals surface area contributed by atoms with E-state index in [4.69, 9.17) is 28.9 Å². The van der Waals surface area contributed by atoms with Crippen molar-refractivity contribution in [3.63, 3.8) is 0 Å². The average molecular weight is 397 g/mol. The van der Waals surface area contributed by atoms with Crippen LogP contribution in [0.15, 0.2) is 47.4 Å². The van der Waals surface area contributed by atoms with Crippen LogP contribution in [0.1, 0.15) is 27.1 Å². The first kappa shape index (κ1) is 19.3. The van der Waals surface area contributed by atoms with Gasteiger partial charge in [0.25, 0.3) is 5.91 Å². The minimum atomic E-state index is -0.504. The molecule has 0 aliphatic rings. The summed E-state index contributed by atoms with van der Waals surface area (Å²) < 4.78 is 0. The summed E-state index contributed by atoms with van der Waals surface area (Å²) in [7, 11) is 0. The van der Waals surface area contributed by atoms with Crippen LogP contribution in [0.3, 0.4) is 0 Å². The molecule has 0 fully saturated rings. The van der Waals surface area contributed by atoms with Crippen molar-refractivity contribution in [1.82, 2.24) is 5.32 Å². The topological polar surface area (TPSA) is 89.3 Å². The van der Waals surface area contributed by atoms with E-state index in [-0.39, 0.29) is 29.0 Å². The van der Waals surface area contributed by atoms with Crippen LogP contribution in [0.5, 0.6) is 0 Å². The van der Waals surface area contributed by atoms with Gasteiger partial charge >= 0.3 is 0 Å². The largest absolute Gasteiger partial charge is 0.370 e. The highest BCUT2D eigenvalue weighted by atomic mass is 35.5. The third-order valence-corrected chi connectivity index (χ3v) is 4.67. The van der Waals surface area contributed by atoms with Crippen molar-refractivity contribution in [3.05, 3.63) is 63.6 Å². The summed E-state index contributed by atoms with van der Waals surface area (Å²) in [5, 5.41) is 2.96. The Balaban J connectivity index is 2.15. The van der Waals surface area contributed by atoms with E-state index in [1.807, 2.05) is 0 Å². The lowest BCUT2D eigenvalue weighted by molar-refractivity contribution is -0.117. The molecule has 0 radical (unpaired) electrons. The molecule has 0 aromatic heterocycles. The highest BCUT2D eigenvalue weighted by Gasteiger charge is 2.17. The summed E-state index contributed by atoms with van der Waals surface area (Å²) in [6.45, 7) is 0.129. The van der Waals surface area contributed by atoms with Gasteiger partial charge in [-0.1, -0.05) is 35.3 Å². The number of primary amides is 1. The molecule has 8 heteroatoms. The molecule has 0 saturated carbocycles. The van der Waals surface area contributed by atoms with Gasteiger partial charge in [-0.15, -0.1) is 0 Å². The van der Waals surface area contributed by atoms with Gasteiger partial charge in [-0.2, -0.15) is 0 Å². The van der Waals surface area contributed by atoms with Gasteiger partial charge in [0.2, 0.25) is 11.0 Å². The lowest BCUT2D eigenvalue weighted by atomic mass is 10.2. The van der Waals surface area contributed by atoms with Crippen LogP contribution in [0, 0.1) is 0 Å². The van der Waals surface area contributed by atoms with Crippen LogP contribution >= 0.6 is 35.0 Å². The monoisotopic (exact) mass is 396 g/mol. The summed E-state index contributed by atoms with van der Waals surface area (Å²) in [5.41, 5.74) is 5.68. The van der Waals surface area contributed by atoms with E-state index < -0.39 is 5.91 Å². The summed E-state index contributed by atoms with van der Waals surface area (Å²) in [6, 6.07) is 11.3. The summed E-state index contributed by atoms with van der Waals surface area (Å²) in [5.74, 6) is -0.894. The Hall–Kier alpha value is -2.02. The van der Waals surface area contributed by atoms with Crippen LogP contribution in [-0.4, -0.2) is 23.5 Å². The molecular weight excluding hydrogens is 383 g/mol. The molecule has 2 rings (SSSR count). The highest BCUT2D eigenvalue weighted by molar-refractivity contribution is 8.14. The molecular formula is C17H14Cl2N2O3S. The van der Waals surface area contributed by atoms with Crippen molar-refractivity contribution in [2.45, 2.75) is 11.3 Å². The van der Waals surface area contributed by atoms with Crippen LogP contribution in [0.4, 0.5) is 0 Å². The highest BCUT2D eigenvalue weighted by Crippen LogP contribution is 2.30. The number of halogens is 2. The molecule has 2 aromatic rings. The van der Waals surface area contributed by atoms with Crippen LogP contribution in [0.25, 0.3) is 0 Å². The van der Waals surface area contributed by atoms with E-state index in [2.05, 4.69) is 5.32 Å². The molecule has 2 aromatic carbocycles. The maximum Gasteiger partial charge on any atom is 0.252 e. The number of thioether (sulfide) groups is 1. The van der Waals surface area contributed by atoms with Gasteiger partial charge in [0.05, 0.1) is 10.6 Å². The van der Waals surface area contributed by atoms with Gasteiger partial charge < -0.3 is 11.1 Å². The predicted molar refractivity (Wildman–Crippen MR) is 99.2 cm³/mol. The number of amides is 2. The molecule has 0 spiro atoms. The van der Waals surface area contributed by atoms with Crippen LogP contribution in [0.2, 0.25) is 10.0 Å². The van der Waals surface area contributed by atoms with E-state index in [0.29, 0.717) is 21.0 Å². The number of nitrogens with one attached hydrogen (secondary N) is 1. The van der Waals surface area contributed by atoms with E-state index >= 15 is 0 Å². The molecule has 0 bridgehead atoms. The number of carbonyl (C=O) groups excluding carboxylic acids is 3. The third kappa shape index (κ3) is 5.49. The first-order valence-electron chi connectivity index (χ1n) is 7.21. The van der Waals surface area contributed by atoms with Crippen molar-refractivity contribution in [1.29, 1.82) is 0 Å². The van der Waals surface area contributed by atoms with Crippen LogP contribution < -0.4 is 11.1 Å². The Kier molecular flexibility index (Phi) is 6.87. The zero-order valence-electron chi connectivity index (χ0n) is 12.9. The zero-order valence-corrected chi connectivity index (χ0v) is 15.3. The molecule has 0 unspecified atom stereocenters. The number of hydrogen-bond acceptors (Lipinski definition) is 4. The Morgan fingerprint density at radius 3 is 2.44 bits per heavy atom. The van der Waals surface area contributed by atoms with Gasteiger partial charge in [0.15, 0.2) is 0 Å². The quantitative estimate of drug-likeness (QED) is 0.730. The Morgan fingerprint density at radius 1 is 1.04 bits per heavy atom. The molecule has 0 aliphatic heterocycles. The first-order valence-corrected chi connectivity index (χ1v) is 8.78. The van der Waals surface area contributed by atoms with Crippen LogP contribution in [-0.2, 0) is 4.79 Å². The van der Waals surface area contributed by atoms with Gasteiger partial charge in [0, 0.05) is 28.4 Å². The number of rotatable bonds is 6. The predicted octanol–water partition coefficient (Wildman–Crippen LogP) is 3.53. The van der Waals surface area contributed by atoms with Gasteiger partial charge in [-0.3, -0.25) is 14.4 Å². The molecule has 0 atom stereocenters. The van der Waals surface area contributed by atoms with Crippen molar-refractivity contribution >= 4 is 51.9 Å². The first-order chi connectivity index (χ1) is 11.9. The van der Waals surface area contributed by atoms with E-state index in [0.717, 1.165) is 11.8 Å². The van der Waals surface area contributed by atoms with Crippen molar-refractivity contribution in [3.8, 4) is 0 Å². The lowest BCUT2D eigenvalue weighted by Crippen LogP contribution is -2.28. The third-order valence-electron chi connectivity index (χ3n) is 3.14. The molecule has 5 nitrogen and oxygen atoms in total. The Labute approximate surface area is 158 Å². The summed E-state index contributed by atoms with van der Waals surface area (Å²) >= 11 is 12.8. The Morgan fingerprint density at radius 2 is 1.76 bits per heavy atom. The average Bonchev–Trinajstić information content (AvgIpc) is 2.54. The summed E-state index contributed by atoms with van der Waals surface area (Å²) in [6.07, 6.45) is 0.0420. The SMILES string of the molecule is NC(=O)CCNC(=O)c1ccccc1SC(=O)c1ccc(Cl)cc1Cl. The van der Waals surface area contributed by atoms with Gasteiger partial charge in [-0.25, -0.2) is 0 Å². The molecule has 25 heavy (non-hydrogen) atoms. The second-order valence-electron chi connectivity index (χ2n) is 4.98. The maximum atomic E-state index is 12.5. The number of nitrogens with two attached hydrogens (primary N) is 1. The fraction of sp³-hybridized carbons (Fsp3) is 0.118. The minimum absolute atomic E-state index is 0.0420. The molecule has 2 amide bonds. The van der Waals surface area contributed by atoms with E-state index in [9.17, 15) is 14.4 Å². The smallest absolute Gasteiger partial charge is 0.252 e. The summed E-state index contributed by atoms with van der Waals surface area (Å²) in [4.78, 5) is 35.9. The number of benzene rings is 2. The van der Waals surface area contributed by atoms with Crippen molar-refractivity contribution in [2.24, 2.45) is 5.73 Å². The number of carbonyl (C=O) groups is 3. The fourth-order valence-electron chi connectivity index (χ4n) is 1.95. The molecule has 0 aliphatic carbocycles. The molecule has 130 valence electrons. The number of hydrogen-bond donors (Lipinski definition) is 2. The van der Waals surface area contributed by atoms with Crippen molar-refractivity contribution in [2.75, 3.05) is 6.54 Å². The second kappa shape index (κ2) is 8.89. The van der Waals surface area contributed by atoms with Gasteiger partial charge in [-0.05, 0) is 42.1 Å².